The average molecular weight is 143 g/mol. The molecule has 0 amide bonds. The first-order chi connectivity index (χ1) is 4.35. The molecule has 0 aromatic heterocycles. The number of rotatable bonds is 3. The van der Waals surface area contributed by atoms with Crippen LogP contribution in [0.25, 0.3) is 0 Å². The molecule has 0 bridgehead atoms. The van der Waals surface area contributed by atoms with Crippen molar-refractivity contribution in [3.05, 3.63) is 0 Å². The lowest BCUT2D eigenvalue weighted by Crippen LogP contribution is -2.04. The first-order valence-electron chi connectivity index (χ1n) is 3.60. The summed E-state index contributed by atoms with van der Waals surface area (Å²) in [4.78, 5) is 0. The Balaban J connectivity index is 0. The van der Waals surface area contributed by atoms with E-state index in [1.165, 1.54) is 18.1 Å². The number of nitrogens with zero attached hydrogens (tertiary/aromatic N) is 1. The summed E-state index contributed by atoms with van der Waals surface area (Å²) in [5.41, 5.74) is 0. The molecule has 0 aromatic carbocycles. The Bertz CT molecular complexity index is 51.7. The molecule has 0 heterocycles. The van der Waals surface area contributed by atoms with Crippen molar-refractivity contribution >= 4 is 8.80 Å². The van der Waals surface area contributed by atoms with E-state index in [0.717, 1.165) is 0 Å². The molecular formula is C7H17NSi. The fourth-order valence-corrected chi connectivity index (χ4v) is 2.60. The van der Waals surface area contributed by atoms with Crippen molar-refractivity contribution in [1.29, 1.82) is 5.26 Å². The highest BCUT2D eigenvalue weighted by Crippen LogP contribution is 2.01. The van der Waals surface area contributed by atoms with E-state index in [1.54, 1.807) is 0 Å². The van der Waals surface area contributed by atoms with E-state index in [-0.39, 0.29) is 8.80 Å². The third-order valence-corrected chi connectivity index (χ3v) is 5.20. The molecule has 0 rings (SSSR count). The third-order valence-electron chi connectivity index (χ3n) is 1.73. The van der Waals surface area contributed by atoms with Crippen molar-refractivity contribution in [3.8, 4) is 6.57 Å². The average Bonchev–Trinajstić information content (AvgIpc) is 1.96. The molecule has 0 aliphatic rings. The van der Waals surface area contributed by atoms with Gasteiger partial charge in [0.25, 0.3) is 0 Å². The van der Waals surface area contributed by atoms with E-state index in [9.17, 15) is 0 Å². The van der Waals surface area contributed by atoms with Gasteiger partial charge in [0.1, 0.15) is 0 Å². The highest BCUT2D eigenvalue weighted by Gasteiger charge is 1.98. The molecule has 0 aromatic rings. The topological polar surface area (TPSA) is 23.8 Å². The van der Waals surface area contributed by atoms with Crippen molar-refractivity contribution in [2.45, 2.75) is 38.9 Å². The first kappa shape index (κ1) is 11.5. The first-order valence-corrected chi connectivity index (χ1v) is 6.05. The molecule has 0 atom stereocenters. The van der Waals surface area contributed by atoms with Crippen LogP contribution < -0.4 is 0 Å². The fraction of sp³-hybridized carbons (Fsp3) is 0.857. The molecule has 0 aliphatic heterocycles. The van der Waals surface area contributed by atoms with Crippen LogP contribution >= 0.6 is 0 Å². The van der Waals surface area contributed by atoms with Crippen LogP contribution in [0.2, 0.25) is 18.1 Å². The summed E-state index contributed by atoms with van der Waals surface area (Å²) < 4.78 is 0. The monoisotopic (exact) mass is 143 g/mol. The summed E-state index contributed by atoms with van der Waals surface area (Å²) in [5.74, 6) is 0. The van der Waals surface area contributed by atoms with Gasteiger partial charge in [0.2, 0.25) is 0 Å². The zero-order valence-corrected chi connectivity index (χ0v) is 7.88. The van der Waals surface area contributed by atoms with E-state index in [2.05, 4.69) is 27.3 Å². The predicted octanol–water partition coefficient (Wildman–Crippen LogP) is 2.41. The smallest absolute Gasteiger partial charge is 0.0462 e. The Morgan fingerprint density at radius 2 is 1.22 bits per heavy atom. The standard InChI is InChI=1S/C6H16Si.CHN/c1-4-7(5-2)6-3;1-2/h7H,4-6H2,1-3H3;1H. The minimum Gasteiger partial charge on any atom is -0.202 e. The molecule has 54 valence electrons. The van der Waals surface area contributed by atoms with Crippen LogP contribution in [0.3, 0.4) is 0 Å². The van der Waals surface area contributed by atoms with Gasteiger partial charge in [-0.15, -0.1) is 0 Å². The minimum absolute atomic E-state index is 0.171. The minimum atomic E-state index is -0.171. The van der Waals surface area contributed by atoms with E-state index < -0.39 is 0 Å². The van der Waals surface area contributed by atoms with Gasteiger partial charge in [-0.05, 0) is 0 Å². The van der Waals surface area contributed by atoms with Gasteiger partial charge in [-0.2, -0.15) is 0 Å². The van der Waals surface area contributed by atoms with Crippen LogP contribution in [0.4, 0.5) is 0 Å². The maximum Gasteiger partial charge on any atom is 0.0462 e. The molecule has 0 N–H and O–H groups in total. The summed E-state index contributed by atoms with van der Waals surface area (Å²) in [6.45, 7) is 10.5. The molecule has 1 nitrogen and oxygen atoms in total. The largest absolute Gasteiger partial charge is 0.202 e. The van der Waals surface area contributed by atoms with Gasteiger partial charge >= 0.3 is 0 Å². The molecule has 0 fully saturated rings. The lowest BCUT2D eigenvalue weighted by Gasteiger charge is -2.03. The van der Waals surface area contributed by atoms with Crippen LogP contribution in [0.15, 0.2) is 0 Å². The van der Waals surface area contributed by atoms with Crippen LogP contribution in [0, 0.1) is 11.8 Å². The van der Waals surface area contributed by atoms with Crippen LogP contribution in [0.5, 0.6) is 0 Å². The summed E-state index contributed by atoms with van der Waals surface area (Å²) in [7, 11) is -0.171. The molecule has 0 radical (unpaired) electrons. The highest BCUT2D eigenvalue weighted by molar-refractivity contribution is 6.58. The fourth-order valence-electron chi connectivity index (χ4n) is 0.866. The molecule has 0 saturated carbocycles. The van der Waals surface area contributed by atoms with E-state index in [4.69, 9.17) is 5.26 Å². The van der Waals surface area contributed by atoms with Gasteiger partial charge in [-0.3, -0.25) is 0 Å². The van der Waals surface area contributed by atoms with E-state index in [0.29, 0.717) is 0 Å². The highest BCUT2D eigenvalue weighted by atomic mass is 28.3. The second-order valence-electron chi connectivity index (χ2n) is 2.09. The number of hydrogen-bond donors (Lipinski definition) is 0. The summed E-state index contributed by atoms with van der Waals surface area (Å²) >= 11 is 0. The normalized spacial score (nSPS) is 8.22. The summed E-state index contributed by atoms with van der Waals surface area (Å²) in [5, 5.41) is 6.50. The maximum absolute atomic E-state index is 6.50. The van der Waals surface area contributed by atoms with Crippen molar-refractivity contribution in [1.82, 2.24) is 0 Å². The van der Waals surface area contributed by atoms with Gasteiger partial charge in [-0.1, -0.05) is 38.9 Å². The lowest BCUT2D eigenvalue weighted by atomic mass is 10.9. The second-order valence-corrected chi connectivity index (χ2v) is 6.27. The lowest BCUT2D eigenvalue weighted by molar-refractivity contribution is 1.24. The molecular weight excluding hydrogens is 126 g/mol. The SMILES string of the molecule is C#N.CC[SiH](CC)CC. The quantitative estimate of drug-likeness (QED) is 0.557. The molecule has 0 spiro atoms. The zero-order valence-electron chi connectivity index (χ0n) is 6.72. The third kappa shape index (κ3) is 7.71. The van der Waals surface area contributed by atoms with Gasteiger partial charge in [0, 0.05) is 15.4 Å². The number of nitriles is 1. The Hall–Kier alpha value is -0.293. The van der Waals surface area contributed by atoms with Gasteiger partial charge < -0.3 is 0 Å². The van der Waals surface area contributed by atoms with E-state index >= 15 is 0 Å². The van der Waals surface area contributed by atoms with Crippen molar-refractivity contribution in [2.75, 3.05) is 0 Å². The van der Waals surface area contributed by atoms with Crippen LogP contribution in [0.1, 0.15) is 20.8 Å². The predicted molar refractivity (Wildman–Crippen MR) is 45.3 cm³/mol. The molecule has 2 heteroatoms. The second kappa shape index (κ2) is 10.6. The van der Waals surface area contributed by atoms with Gasteiger partial charge in [-0.25, -0.2) is 5.26 Å². The number of hydrogen-bond acceptors (Lipinski definition) is 1. The molecule has 0 aliphatic carbocycles. The van der Waals surface area contributed by atoms with Gasteiger partial charge in [0.15, 0.2) is 0 Å². The zero-order chi connectivity index (χ0) is 7.70. The summed E-state index contributed by atoms with van der Waals surface area (Å²) in [6.07, 6.45) is 0. The van der Waals surface area contributed by atoms with Gasteiger partial charge in [0.05, 0.1) is 0 Å². The maximum atomic E-state index is 6.50. The van der Waals surface area contributed by atoms with Crippen molar-refractivity contribution in [3.63, 3.8) is 0 Å². The Morgan fingerprint density at radius 3 is 1.22 bits per heavy atom. The Kier molecular flexibility index (Phi) is 13.6. The summed E-state index contributed by atoms with van der Waals surface area (Å²) in [6, 6.07) is 4.48. The molecule has 0 saturated heterocycles. The van der Waals surface area contributed by atoms with Crippen molar-refractivity contribution < 1.29 is 0 Å². The van der Waals surface area contributed by atoms with E-state index in [1.807, 2.05) is 0 Å². The van der Waals surface area contributed by atoms with Crippen LogP contribution in [-0.2, 0) is 0 Å². The molecule has 0 unspecified atom stereocenters. The Labute approximate surface area is 60.3 Å². The molecule has 9 heavy (non-hydrogen) atoms. The van der Waals surface area contributed by atoms with Crippen molar-refractivity contribution in [2.24, 2.45) is 0 Å². The van der Waals surface area contributed by atoms with Crippen LogP contribution in [-0.4, -0.2) is 8.80 Å². The Morgan fingerprint density at radius 1 is 1.00 bits per heavy atom.